The summed E-state index contributed by atoms with van der Waals surface area (Å²) in [4.78, 5) is 23.6. The van der Waals surface area contributed by atoms with Crippen LogP contribution in [0.15, 0.2) is 0 Å². The molecule has 5 heteroatoms. The number of aliphatic carboxylic acids is 1. The first-order chi connectivity index (χ1) is 6.51. The van der Waals surface area contributed by atoms with Gasteiger partial charge in [0.25, 0.3) is 0 Å². The lowest BCUT2D eigenvalue weighted by Gasteiger charge is -2.40. The highest BCUT2D eigenvalue weighted by molar-refractivity contribution is 5.89. The van der Waals surface area contributed by atoms with Crippen LogP contribution in [0.2, 0.25) is 0 Å². The molecule has 14 heavy (non-hydrogen) atoms. The van der Waals surface area contributed by atoms with Crippen LogP contribution in [0.25, 0.3) is 0 Å². The van der Waals surface area contributed by atoms with Crippen molar-refractivity contribution >= 4 is 11.9 Å². The van der Waals surface area contributed by atoms with Gasteiger partial charge in [0.05, 0.1) is 12.0 Å². The predicted molar refractivity (Wildman–Crippen MR) is 48.5 cm³/mol. The standard InChI is InChI=1S/C9H14N2O3/c10-9(1-2-9)8(14)11-4-6(5-11)3-7(12)13/h6H,1-5,10H2,(H,12,13). The van der Waals surface area contributed by atoms with Crippen molar-refractivity contribution in [2.45, 2.75) is 24.8 Å². The zero-order valence-electron chi connectivity index (χ0n) is 7.90. The monoisotopic (exact) mass is 198 g/mol. The molecule has 78 valence electrons. The van der Waals surface area contributed by atoms with E-state index in [1.807, 2.05) is 0 Å². The molecule has 1 aliphatic heterocycles. The Morgan fingerprint density at radius 2 is 2.00 bits per heavy atom. The van der Waals surface area contributed by atoms with Gasteiger partial charge in [-0.15, -0.1) is 0 Å². The van der Waals surface area contributed by atoms with E-state index in [0.717, 1.165) is 12.8 Å². The summed E-state index contributed by atoms with van der Waals surface area (Å²) >= 11 is 0. The molecule has 1 saturated carbocycles. The molecular weight excluding hydrogens is 184 g/mol. The fraction of sp³-hybridized carbons (Fsp3) is 0.778. The Morgan fingerprint density at radius 3 is 2.43 bits per heavy atom. The summed E-state index contributed by atoms with van der Waals surface area (Å²) in [6.07, 6.45) is 1.69. The van der Waals surface area contributed by atoms with Crippen LogP contribution in [0.1, 0.15) is 19.3 Å². The van der Waals surface area contributed by atoms with Gasteiger partial charge in [-0.25, -0.2) is 0 Å². The first kappa shape index (κ1) is 9.45. The van der Waals surface area contributed by atoms with Crippen molar-refractivity contribution < 1.29 is 14.7 Å². The minimum Gasteiger partial charge on any atom is -0.481 e. The Balaban J connectivity index is 1.77. The average Bonchev–Trinajstić information content (AvgIpc) is 2.75. The predicted octanol–water partition coefficient (Wildman–Crippen LogP) is -0.589. The van der Waals surface area contributed by atoms with Crippen molar-refractivity contribution in [1.29, 1.82) is 0 Å². The highest BCUT2D eigenvalue weighted by Crippen LogP contribution is 2.36. The maximum absolute atomic E-state index is 11.6. The van der Waals surface area contributed by atoms with E-state index in [-0.39, 0.29) is 18.2 Å². The zero-order chi connectivity index (χ0) is 10.3. The van der Waals surface area contributed by atoms with Crippen molar-refractivity contribution in [1.82, 2.24) is 4.90 Å². The molecule has 0 aromatic carbocycles. The molecule has 0 spiro atoms. The number of rotatable bonds is 3. The molecule has 2 rings (SSSR count). The Labute approximate surface area is 81.9 Å². The Kier molecular flexibility index (Phi) is 1.99. The highest BCUT2D eigenvalue weighted by atomic mass is 16.4. The Bertz CT molecular complexity index is 280. The fourth-order valence-electron chi connectivity index (χ4n) is 1.78. The topological polar surface area (TPSA) is 83.6 Å². The van der Waals surface area contributed by atoms with Crippen LogP contribution in [-0.4, -0.2) is 40.5 Å². The van der Waals surface area contributed by atoms with Gasteiger partial charge in [0.2, 0.25) is 5.91 Å². The van der Waals surface area contributed by atoms with Crippen LogP contribution in [0.3, 0.4) is 0 Å². The van der Waals surface area contributed by atoms with E-state index >= 15 is 0 Å². The summed E-state index contributed by atoms with van der Waals surface area (Å²) in [7, 11) is 0. The summed E-state index contributed by atoms with van der Waals surface area (Å²) in [5.41, 5.74) is 5.14. The normalized spacial score (nSPS) is 24.2. The summed E-state index contributed by atoms with van der Waals surface area (Å²) in [6.45, 7) is 1.12. The fourth-order valence-corrected chi connectivity index (χ4v) is 1.78. The lowest BCUT2D eigenvalue weighted by atomic mass is 9.95. The molecular formula is C9H14N2O3. The average molecular weight is 198 g/mol. The second-order valence-corrected chi connectivity index (χ2v) is 4.33. The molecule has 2 aliphatic rings. The number of carboxylic acid groups (broad SMARTS) is 1. The molecule has 1 heterocycles. The number of hydrogen-bond acceptors (Lipinski definition) is 3. The largest absolute Gasteiger partial charge is 0.481 e. The van der Waals surface area contributed by atoms with E-state index in [0.29, 0.717) is 13.1 Å². The van der Waals surface area contributed by atoms with E-state index in [2.05, 4.69) is 0 Å². The summed E-state index contributed by atoms with van der Waals surface area (Å²) in [6, 6.07) is 0. The number of carbonyl (C=O) groups is 2. The van der Waals surface area contributed by atoms with Gasteiger partial charge in [-0.05, 0) is 12.8 Å². The summed E-state index contributed by atoms with van der Waals surface area (Å²) < 4.78 is 0. The van der Waals surface area contributed by atoms with Gasteiger partial charge in [-0.1, -0.05) is 0 Å². The molecule has 1 aliphatic carbocycles. The lowest BCUT2D eigenvalue weighted by Crippen LogP contribution is -2.56. The number of nitrogens with two attached hydrogens (primary N) is 1. The number of hydrogen-bond donors (Lipinski definition) is 2. The molecule has 1 saturated heterocycles. The van der Waals surface area contributed by atoms with Gasteiger partial charge in [0.15, 0.2) is 0 Å². The van der Waals surface area contributed by atoms with Crippen LogP contribution in [-0.2, 0) is 9.59 Å². The molecule has 0 atom stereocenters. The van der Waals surface area contributed by atoms with Gasteiger partial charge >= 0.3 is 5.97 Å². The maximum atomic E-state index is 11.6. The van der Waals surface area contributed by atoms with Crippen molar-refractivity contribution in [3.63, 3.8) is 0 Å². The van der Waals surface area contributed by atoms with Crippen LogP contribution >= 0.6 is 0 Å². The van der Waals surface area contributed by atoms with Crippen LogP contribution in [0.5, 0.6) is 0 Å². The lowest BCUT2D eigenvalue weighted by molar-refractivity contribution is -0.146. The van der Waals surface area contributed by atoms with Crippen molar-refractivity contribution in [3.8, 4) is 0 Å². The third-order valence-corrected chi connectivity index (χ3v) is 2.92. The third kappa shape index (κ3) is 1.59. The first-order valence-electron chi connectivity index (χ1n) is 4.81. The molecule has 3 N–H and O–H groups in total. The number of amides is 1. The van der Waals surface area contributed by atoms with Gasteiger partial charge in [-0.3, -0.25) is 9.59 Å². The van der Waals surface area contributed by atoms with Gasteiger partial charge < -0.3 is 15.7 Å². The van der Waals surface area contributed by atoms with Gasteiger partial charge in [0.1, 0.15) is 0 Å². The zero-order valence-corrected chi connectivity index (χ0v) is 7.90. The minimum absolute atomic E-state index is 0.000797. The van der Waals surface area contributed by atoms with E-state index in [4.69, 9.17) is 10.8 Å². The van der Waals surface area contributed by atoms with E-state index < -0.39 is 11.5 Å². The third-order valence-electron chi connectivity index (χ3n) is 2.92. The van der Waals surface area contributed by atoms with E-state index in [1.165, 1.54) is 0 Å². The Hall–Kier alpha value is -1.10. The maximum Gasteiger partial charge on any atom is 0.303 e. The van der Waals surface area contributed by atoms with Gasteiger partial charge in [-0.2, -0.15) is 0 Å². The number of likely N-dealkylation sites (tertiary alicyclic amines) is 1. The SMILES string of the molecule is NC1(C(=O)N2CC(CC(=O)O)C2)CC1. The number of carboxylic acids is 1. The highest BCUT2D eigenvalue weighted by Gasteiger charge is 2.50. The second-order valence-electron chi connectivity index (χ2n) is 4.33. The smallest absolute Gasteiger partial charge is 0.303 e. The molecule has 0 bridgehead atoms. The summed E-state index contributed by atoms with van der Waals surface area (Å²) in [5.74, 6) is -0.672. The second kappa shape index (κ2) is 2.95. The first-order valence-corrected chi connectivity index (χ1v) is 4.81. The quantitative estimate of drug-likeness (QED) is 0.635. The van der Waals surface area contributed by atoms with Gasteiger partial charge in [0, 0.05) is 19.0 Å². The molecule has 0 unspecified atom stereocenters. The molecule has 0 radical (unpaired) electrons. The molecule has 1 amide bonds. The van der Waals surface area contributed by atoms with Crippen molar-refractivity contribution in [2.24, 2.45) is 11.7 Å². The molecule has 5 nitrogen and oxygen atoms in total. The Morgan fingerprint density at radius 1 is 1.43 bits per heavy atom. The minimum atomic E-state index is -0.795. The van der Waals surface area contributed by atoms with Crippen molar-refractivity contribution in [3.05, 3.63) is 0 Å². The molecule has 0 aromatic rings. The van der Waals surface area contributed by atoms with E-state index in [9.17, 15) is 9.59 Å². The molecule has 0 aromatic heterocycles. The summed E-state index contributed by atoms with van der Waals surface area (Å²) in [5, 5.41) is 8.52. The van der Waals surface area contributed by atoms with E-state index in [1.54, 1.807) is 4.90 Å². The number of nitrogens with zero attached hydrogens (tertiary/aromatic N) is 1. The van der Waals surface area contributed by atoms with Crippen LogP contribution in [0, 0.1) is 5.92 Å². The molecule has 2 fully saturated rings. The van der Waals surface area contributed by atoms with Crippen LogP contribution in [0.4, 0.5) is 0 Å². The van der Waals surface area contributed by atoms with Crippen molar-refractivity contribution in [2.75, 3.05) is 13.1 Å². The van der Waals surface area contributed by atoms with Crippen LogP contribution < -0.4 is 5.73 Å². The number of carbonyl (C=O) groups excluding carboxylic acids is 1.